The summed E-state index contributed by atoms with van der Waals surface area (Å²) in [6.45, 7) is 9.90. The van der Waals surface area contributed by atoms with Gasteiger partial charge in [-0.2, -0.15) is 0 Å². The van der Waals surface area contributed by atoms with Crippen LogP contribution in [-0.2, 0) is 6.54 Å². The van der Waals surface area contributed by atoms with E-state index in [1.165, 1.54) is 6.42 Å². The maximum atomic E-state index is 12.6. The van der Waals surface area contributed by atoms with Crippen molar-refractivity contribution in [2.24, 2.45) is 0 Å². The molecule has 0 fully saturated rings. The van der Waals surface area contributed by atoms with Gasteiger partial charge >= 0.3 is 0 Å². The smallest absolute Gasteiger partial charge is 0.270 e. The van der Waals surface area contributed by atoms with Gasteiger partial charge in [0.05, 0.1) is 5.69 Å². The lowest BCUT2D eigenvalue weighted by Gasteiger charge is -2.27. The molecule has 1 aromatic rings. The van der Waals surface area contributed by atoms with Crippen LogP contribution < -0.4 is 5.73 Å². The average molecular weight is 265 g/mol. The number of unbranched alkanes of at least 4 members (excludes halogenated alkanes) is 2. The fraction of sp³-hybridized carbons (Fsp3) is 0.667. The predicted molar refractivity (Wildman–Crippen MR) is 80.2 cm³/mol. The van der Waals surface area contributed by atoms with Crippen molar-refractivity contribution in [1.29, 1.82) is 0 Å². The van der Waals surface area contributed by atoms with Crippen LogP contribution in [0.25, 0.3) is 0 Å². The number of carbonyl (C=O) groups is 1. The monoisotopic (exact) mass is 265 g/mol. The number of nitrogens with two attached hydrogens (primary N) is 1. The minimum absolute atomic E-state index is 0.0876. The molecule has 0 aliphatic rings. The van der Waals surface area contributed by atoms with E-state index in [1.807, 2.05) is 22.6 Å². The molecule has 0 atom stereocenters. The maximum Gasteiger partial charge on any atom is 0.270 e. The number of anilines is 1. The highest BCUT2D eigenvalue weighted by Crippen LogP contribution is 2.15. The fourth-order valence-electron chi connectivity index (χ4n) is 2.25. The van der Waals surface area contributed by atoms with Crippen molar-refractivity contribution in [2.45, 2.75) is 59.5 Å². The number of nitrogen functional groups attached to an aromatic ring is 1. The van der Waals surface area contributed by atoms with Crippen LogP contribution in [0.4, 0.5) is 5.69 Å². The van der Waals surface area contributed by atoms with Crippen molar-refractivity contribution >= 4 is 11.6 Å². The zero-order valence-corrected chi connectivity index (χ0v) is 12.6. The van der Waals surface area contributed by atoms with Crippen LogP contribution in [0, 0.1) is 0 Å². The zero-order valence-electron chi connectivity index (χ0n) is 12.6. The molecule has 1 amide bonds. The van der Waals surface area contributed by atoms with Gasteiger partial charge in [-0.15, -0.1) is 0 Å². The number of nitrogens with zero attached hydrogens (tertiary/aromatic N) is 2. The summed E-state index contributed by atoms with van der Waals surface area (Å²) in [7, 11) is 0. The van der Waals surface area contributed by atoms with E-state index in [1.54, 1.807) is 6.07 Å². The Morgan fingerprint density at radius 3 is 2.58 bits per heavy atom. The lowest BCUT2D eigenvalue weighted by atomic mass is 10.2. The normalized spacial score (nSPS) is 11.0. The maximum absolute atomic E-state index is 12.6. The van der Waals surface area contributed by atoms with Crippen LogP contribution in [0.2, 0.25) is 0 Å². The van der Waals surface area contributed by atoms with E-state index >= 15 is 0 Å². The molecule has 0 aliphatic carbocycles. The highest BCUT2D eigenvalue weighted by atomic mass is 16.2. The quantitative estimate of drug-likeness (QED) is 0.770. The van der Waals surface area contributed by atoms with Gasteiger partial charge in [0.15, 0.2) is 0 Å². The number of amides is 1. The summed E-state index contributed by atoms with van der Waals surface area (Å²) < 4.78 is 1.92. The van der Waals surface area contributed by atoms with Gasteiger partial charge in [-0.3, -0.25) is 4.79 Å². The van der Waals surface area contributed by atoms with Crippen molar-refractivity contribution in [3.63, 3.8) is 0 Å². The van der Waals surface area contributed by atoms with Crippen LogP contribution in [0.15, 0.2) is 12.3 Å². The van der Waals surface area contributed by atoms with E-state index in [0.717, 1.165) is 25.9 Å². The molecule has 0 bridgehead atoms. The number of aromatic nitrogens is 1. The van der Waals surface area contributed by atoms with Crippen LogP contribution in [-0.4, -0.2) is 28.0 Å². The SMILES string of the molecule is CCCCCN(C(=O)c1cc(N)cn1CC)C(C)C. The van der Waals surface area contributed by atoms with E-state index in [9.17, 15) is 4.79 Å². The number of hydrogen-bond donors (Lipinski definition) is 1. The molecular weight excluding hydrogens is 238 g/mol. The van der Waals surface area contributed by atoms with Gasteiger partial charge in [0.1, 0.15) is 5.69 Å². The second kappa shape index (κ2) is 7.22. The number of carbonyl (C=O) groups excluding carboxylic acids is 1. The molecule has 0 saturated carbocycles. The van der Waals surface area contributed by atoms with Crippen molar-refractivity contribution in [3.8, 4) is 0 Å². The first kappa shape index (κ1) is 15.6. The molecule has 0 unspecified atom stereocenters. The van der Waals surface area contributed by atoms with Crippen molar-refractivity contribution in [1.82, 2.24) is 9.47 Å². The first-order chi connectivity index (χ1) is 9.01. The van der Waals surface area contributed by atoms with E-state index < -0.39 is 0 Å². The molecule has 1 heterocycles. The Morgan fingerprint density at radius 2 is 2.05 bits per heavy atom. The summed E-state index contributed by atoms with van der Waals surface area (Å²) in [4.78, 5) is 14.6. The molecule has 1 rings (SSSR count). The molecule has 0 aromatic carbocycles. The molecule has 0 saturated heterocycles. The summed E-state index contributed by atoms with van der Waals surface area (Å²) in [5, 5.41) is 0. The van der Waals surface area contributed by atoms with Crippen molar-refractivity contribution in [2.75, 3.05) is 12.3 Å². The lowest BCUT2D eigenvalue weighted by Crippen LogP contribution is -2.38. The molecule has 108 valence electrons. The fourth-order valence-corrected chi connectivity index (χ4v) is 2.25. The Bertz CT molecular complexity index is 410. The van der Waals surface area contributed by atoms with Gasteiger partial charge in [-0.05, 0) is 33.3 Å². The summed E-state index contributed by atoms with van der Waals surface area (Å²) in [5.41, 5.74) is 7.15. The molecule has 19 heavy (non-hydrogen) atoms. The summed E-state index contributed by atoms with van der Waals surface area (Å²) in [6.07, 6.45) is 5.21. The minimum atomic E-state index is 0.0876. The molecule has 0 aliphatic heterocycles. The Kier molecular flexibility index (Phi) is 5.93. The molecule has 4 heteroatoms. The van der Waals surface area contributed by atoms with Gasteiger partial charge < -0.3 is 15.2 Å². The topological polar surface area (TPSA) is 51.3 Å². The van der Waals surface area contributed by atoms with Crippen LogP contribution in [0.1, 0.15) is 57.4 Å². The van der Waals surface area contributed by atoms with E-state index in [0.29, 0.717) is 11.4 Å². The average Bonchev–Trinajstić information content (AvgIpc) is 2.75. The van der Waals surface area contributed by atoms with Gasteiger partial charge in [0.2, 0.25) is 0 Å². The van der Waals surface area contributed by atoms with Crippen molar-refractivity contribution in [3.05, 3.63) is 18.0 Å². The molecular formula is C15H27N3O. The zero-order chi connectivity index (χ0) is 14.4. The second-order valence-corrected chi connectivity index (χ2v) is 5.24. The number of aryl methyl sites for hydroxylation is 1. The number of rotatable bonds is 7. The molecule has 1 aromatic heterocycles. The third kappa shape index (κ3) is 4.01. The van der Waals surface area contributed by atoms with Gasteiger partial charge in [-0.1, -0.05) is 19.8 Å². The first-order valence-electron chi connectivity index (χ1n) is 7.27. The third-order valence-corrected chi connectivity index (χ3v) is 3.36. The Balaban J connectivity index is 2.86. The van der Waals surface area contributed by atoms with Crippen molar-refractivity contribution < 1.29 is 4.79 Å². The number of hydrogen-bond acceptors (Lipinski definition) is 2. The standard InChI is InChI=1S/C15H27N3O/c1-5-7-8-9-18(12(3)4)15(19)14-10-13(16)11-17(14)6-2/h10-12H,5-9,16H2,1-4H3. The Hall–Kier alpha value is -1.45. The summed E-state index contributed by atoms with van der Waals surface area (Å²) in [5.74, 6) is 0.0876. The van der Waals surface area contributed by atoms with Crippen LogP contribution >= 0.6 is 0 Å². The summed E-state index contributed by atoms with van der Waals surface area (Å²) in [6, 6.07) is 1.99. The predicted octanol–water partition coefficient (Wildman–Crippen LogP) is 3.13. The molecule has 2 N–H and O–H groups in total. The molecule has 4 nitrogen and oxygen atoms in total. The largest absolute Gasteiger partial charge is 0.397 e. The van der Waals surface area contributed by atoms with Gasteiger partial charge in [0.25, 0.3) is 5.91 Å². The second-order valence-electron chi connectivity index (χ2n) is 5.24. The van der Waals surface area contributed by atoms with E-state index in [-0.39, 0.29) is 11.9 Å². The third-order valence-electron chi connectivity index (χ3n) is 3.36. The molecule has 0 radical (unpaired) electrons. The summed E-state index contributed by atoms with van der Waals surface area (Å²) >= 11 is 0. The van der Waals surface area contributed by atoms with Gasteiger partial charge in [0, 0.05) is 25.3 Å². The van der Waals surface area contributed by atoms with Gasteiger partial charge in [-0.25, -0.2) is 0 Å². The van der Waals surface area contributed by atoms with E-state index in [2.05, 4.69) is 20.8 Å². The lowest BCUT2D eigenvalue weighted by molar-refractivity contribution is 0.0691. The first-order valence-corrected chi connectivity index (χ1v) is 7.27. The Labute approximate surface area is 116 Å². The highest BCUT2D eigenvalue weighted by molar-refractivity contribution is 5.94. The van der Waals surface area contributed by atoms with E-state index in [4.69, 9.17) is 5.73 Å². The molecule has 0 spiro atoms. The minimum Gasteiger partial charge on any atom is -0.397 e. The Morgan fingerprint density at radius 1 is 1.37 bits per heavy atom. The van der Waals surface area contributed by atoms with Crippen LogP contribution in [0.3, 0.4) is 0 Å². The highest BCUT2D eigenvalue weighted by Gasteiger charge is 2.21. The van der Waals surface area contributed by atoms with Crippen LogP contribution in [0.5, 0.6) is 0 Å².